The van der Waals surface area contributed by atoms with Crippen LogP contribution in [-0.2, 0) is 9.53 Å². The zero-order valence-electron chi connectivity index (χ0n) is 12.1. The van der Waals surface area contributed by atoms with Crippen molar-refractivity contribution < 1.29 is 9.53 Å². The molecule has 0 aliphatic carbocycles. The molecule has 2 unspecified atom stereocenters. The van der Waals surface area contributed by atoms with E-state index in [4.69, 9.17) is 4.74 Å². The minimum Gasteiger partial charge on any atom is -0.384 e. The van der Waals surface area contributed by atoms with Gasteiger partial charge in [-0.25, -0.2) is 0 Å². The number of methoxy groups -OCH3 is 1. The Morgan fingerprint density at radius 2 is 2.28 bits per heavy atom. The molecular formula is C14H28N2O2. The van der Waals surface area contributed by atoms with Crippen LogP contribution in [0, 0.1) is 5.92 Å². The zero-order chi connectivity index (χ0) is 13.4. The van der Waals surface area contributed by atoms with Gasteiger partial charge < -0.3 is 15.0 Å². The molecule has 0 saturated carbocycles. The van der Waals surface area contributed by atoms with Crippen LogP contribution in [0.2, 0.25) is 0 Å². The molecule has 1 N–H and O–H groups in total. The van der Waals surface area contributed by atoms with Crippen molar-refractivity contribution in [3.8, 4) is 0 Å². The van der Waals surface area contributed by atoms with Crippen LogP contribution in [0.5, 0.6) is 0 Å². The molecule has 0 aromatic carbocycles. The standard InChI is InChI=1S/C14H28N2O2/c1-12(11-18-3)10-14(17)16-9-5-4-6-13(16)7-8-15-2/h12-13,15H,4-11H2,1-3H3. The van der Waals surface area contributed by atoms with Gasteiger partial charge in [-0.2, -0.15) is 0 Å². The number of carbonyl (C=O) groups excluding carboxylic acids is 1. The summed E-state index contributed by atoms with van der Waals surface area (Å²) < 4.78 is 5.10. The lowest BCUT2D eigenvalue weighted by Gasteiger charge is -2.36. The van der Waals surface area contributed by atoms with Crippen LogP contribution in [0.25, 0.3) is 0 Å². The number of amides is 1. The average Bonchev–Trinajstić information content (AvgIpc) is 2.36. The van der Waals surface area contributed by atoms with Gasteiger partial charge in [-0.15, -0.1) is 0 Å². The summed E-state index contributed by atoms with van der Waals surface area (Å²) in [6, 6.07) is 0.438. The SMILES string of the molecule is CNCCC1CCCCN1C(=O)CC(C)COC. The Bertz CT molecular complexity index is 246. The minimum atomic E-state index is 0.306. The first-order chi connectivity index (χ1) is 8.69. The molecule has 0 bridgehead atoms. The lowest BCUT2D eigenvalue weighted by molar-refractivity contribution is -0.136. The van der Waals surface area contributed by atoms with Crippen molar-refractivity contribution in [2.75, 3.05) is 33.9 Å². The van der Waals surface area contributed by atoms with E-state index in [9.17, 15) is 4.79 Å². The number of likely N-dealkylation sites (tertiary alicyclic amines) is 1. The predicted octanol–water partition coefficient (Wildman–Crippen LogP) is 1.65. The Morgan fingerprint density at radius 1 is 1.50 bits per heavy atom. The van der Waals surface area contributed by atoms with Gasteiger partial charge >= 0.3 is 0 Å². The van der Waals surface area contributed by atoms with Gasteiger partial charge in [-0.1, -0.05) is 6.92 Å². The summed E-state index contributed by atoms with van der Waals surface area (Å²) >= 11 is 0. The summed E-state index contributed by atoms with van der Waals surface area (Å²) in [7, 11) is 3.66. The molecule has 1 aliphatic rings. The monoisotopic (exact) mass is 256 g/mol. The molecule has 1 saturated heterocycles. The number of hydrogen-bond acceptors (Lipinski definition) is 3. The summed E-state index contributed by atoms with van der Waals surface area (Å²) in [4.78, 5) is 14.4. The summed E-state index contributed by atoms with van der Waals surface area (Å²) in [5.74, 6) is 0.620. The third kappa shape index (κ3) is 4.94. The normalized spacial score (nSPS) is 21.9. The Kier molecular flexibility index (Phi) is 7.28. The van der Waals surface area contributed by atoms with Gasteiger partial charge in [0.2, 0.25) is 5.91 Å². The van der Waals surface area contributed by atoms with Crippen LogP contribution in [0.3, 0.4) is 0 Å². The molecule has 2 atom stereocenters. The maximum atomic E-state index is 12.3. The van der Waals surface area contributed by atoms with Gasteiger partial charge in [0, 0.05) is 32.7 Å². The number of ether oxygens (including phenoxy) is 1. The number of nitrogens with one attached hydrogen (secondary N) is 1. The van der Waals surface area contributed by atoms with Crippen LogP contribution >= 0.6 is 0 Å². The molecule has 1 heterocycles. The molecule has 4 nitrogen and oxygen atoms in total. The Hall–Kier alpha value is -0.610. The van der Waals surface area contributed by atoms with E-state index >= 15 is 0 Å². The fourth-order valence-electron chi connectivity index (χ4n) is 2.70. The van der Waals surface area contributed by atoms with Crippen LogP contribution in [0.15, 0.2) is 0 Å². The Balaban J connectivity index is 2.46. The lowest BCUT2D eigenvalue weighted by Crippen LogP contribution is -2.45. The number of rotatable bonds is 7. The van der Waals surface area contributed by atoms with Crippen molar-refractivity contribution in [2.45, 2.75) is 45.1 Å². The van der Waals surface area contributed by atoms with Gasteiger partial charge in [0.1, 0.15) is 0 Å². The van der Waals surface area contributed by atoms with Gasteiger partial charge in [0.15, 0.2) is 0 Å². The zero-order valence-corrected chi connectivity index (χ0v) is 12.1. The van der Waals surface area contributed by atoms with Gasteiger partial charge in [0.05, 0.1) is 0 Å². The Labute approximate surface area is 111 Å². The fraction of sp³-hybridized carbons (Fsp3) is 0.929. The summed E-state index contributed by atoms with van der Waals surface area (Å²) in [5, 5.41) is 3.18. The molecule has 1 amide bonds. The van der Waals surface area contributed by atoms with Crippen molar-refractivity contribution in [3.05, 3.63) is 0 Å². The maximum Gasteiger partial charge on any atom is 0.223 e. The van der Waals surface area contributed by atoms with E-state index in [1.165, 1.54) is 6.42 Å². The molecule has 0 radical (unpaired) electrons. The quantitative estimate of drug-likeness (QED) is 0.753. The van der Waals surface area contributed by atoms with Crippen molar-refractivity contribution in [1.82, 2.24) is 10.2 Å². The van der Waals surface area contributed by atoms with Gasteiger partial charge in [-0.3, -0.25) is 4.79 Å². The van der Waals surface area contributed by atoms with Crippen molar-refractivity contribution in [2.24, 2.45) is 5.92 Å². The highest BCUT2D eigenvalue weighted by molar-refractivity contribution is 5.76. The molecule has 1 fully saturated rings. The van der Waals surface area contributed by atoms with Crippen LogP contribution < -0.4 is 5.32 Å². The van der Waals surface area contributed by atoms with E-state index < -0.39 is 0 Å². The molecule has 0 aromatic rings. The van der Waals surface area contributed by atoms with Crippen molar-refractivity contribution in [3.63, 3.8) is 0 Å². The number of carbonyl (C=O) groups is 1. The topological polar surface area (TPSA) is 41.6 Å². The number of hydrogen-bond donors (Lipinski definition) is 1. The predicted molar refractivity (Wildman–Crippen MR) is 73.6 cm³/mol. The second-order valence-corrected chi connectivity index (χ2v) is 5.39. The van der Waals surface area contributed by atoms with Crippen molar-refractivity contribution in [1.29, 1.82) is 0 Å². The first-order valence-corrected chi connectivity index (χ1v) is 7.12. The van der Waals surface area contributed by atoms with E-state index in [-0.39, 0.29) is 0 Å². The minimum absolute atomic E-state index is 0.306. The highest BCUT2D eigenvalue weighted by Gasteiger charge is 2.26. The van der Waals surface area contributed by atoms with E-state index in [1.54, 1.807) is 7.11 Å². The molecule has 0 aromatic heterocycles. The van der Waals surface area contributed by atoms with Crippen LogP contribution in [-0.4, -0.2) is 50.7 Å². The first kappa shape index (κ1) is 15.4. The second kappa shape index (κ2) is 8.48. The molecular weight excluding hydrogens is 228 g/mol. The second-order valence-electron chi connectivity index (χ2n) is 5.39. The smallest absolute Gasteiger partial charge is 0.223 e. The van der Waals surface area contributed by atoms with Crippen LogP contribution in [0.1, 0.15) is 39.0 Å². The highest BCUT2D eigenvalue weighted by atomic mass is 16.5. The molecule has 1 rings (SSSR count). The summed E-state index contributed by atoms with van der Waals surface area (Å²) in [6.45, 7) is 4.67. The number of piperidine rings is 1. The molecule has 106 valence electrons. The summed E-state index contributed by atoms with van der Waals surface area (Å²) in [6.07, 6.45) is 5.25. The lowest BCUT2D eigenvalue weighted by atomic mass is 9.97. The molecule has 0 spiro atoms. The number of nitrogens with zero attached hydrogens (tertiary/aromatic N) is 1. The largest absolute Gasteiger partial charge is 0.384 e. The first-order valence-electron chi connectivity index (χ1n) is 7.12. The molecule has 4 heteroatoms. The van der Waals surface area contributed by atoms with Crippen molar-refractivity contribution >= 4 is 5.91 Å². The van der Waals surface area contributed by atoms with Gasteiger partial charge in [0.25, 0.3) is 0 Å². The molecule has 1 aliphatic heterocycles. The molecule has 18 heavy (non-hydrogen) atoms. The van der Waals surface area contributed by atoms with E-state index in [1.807, 2.05) is 7.05 Å². The average molecular weight is 256 g/mol. The van der Waals surface area contributed by atoms with Gasteiger partial charge in [-0.05, 0) is 45.2 Å². The van der Waals surface area contributed by atoms with E-state index in [2.05, 4.69) is 17.1 Å². The van der Waals surface area contributed by atoms with E-state index in [0.717, 1.165) is 32.4 Å². The summed E-state index contributed by atoms with van der Waals surface area (Å²) in [5.41, 5.74) is 0. The third-order valence-corrected chi connectivity index (χ3v) is 3.65. The third-order valence-electron chi connectivity index (χ3n) is 3.65. The van der Waals surface area contributed by atoms with E-state index in [0.29, 0.717) is 30.9 Å². The Morgan fingerprint density at radius 3 is 2.94 bits per heavy atom. The maximum absolute atomic E-state index is 12.3. The highest BCUT2D eigenvalue weighted by Crippen LogP contribution is 2.21. The van der Waals surface area contributed by atoms with Crippen LogP contribution in [0.4, 0.5) is 0 Å². The fourth-order valence-corrected chi connectivity index (χ4v) is 2.70.